The Morgan fingerprint density at radius 1 is 1.37 bits per heavy atom. The van der Waals surface area contributed by atoms with Gasteiger partial charge in [-0.2, -0.15) is 0 Å². The minimum absolute atomic E-state index is 0.0850. The fraction of sp³-hybridized carbons (Fsp3) is 0.263. The number of aliphatic hydroxyl groups is 1. The molecule has 8 heteroatoms. The molecule has 0 fully saturated rings. The number of pyridine rings is 1. The van der Waals surface area contributed by atoms with Crippen molar-refractivity contribution in [3.05, 3.63) is 53.5 Å². The Balaban J connectivity index is 2.05. The summed E-state index contributed by atoms with van der Waals surface area (Å²) >= 11 is 1.44. The fourth-order valence-corrected chi connectivity index (χ4v) is 3.44. The average molecular weight is 381 g/mol. The molecule has 0 bridgehead atoms. The van der Waals surface area contributed by atoms with Gasteiger partial charge < -0.3 is 20.6 Å². The summed E-state index contributed by atoms with van der Waals surface area (Å²) < 4.78 is 0. The molecule has 7 nitrogen and oxygen atoms in total. The van der Waals surface area contributed by atoms with E-state index in [9.17, 15) is 9.90 Å². The zero-order chi connectivity index (χ0) is 19.2. The second-order valence-corrected chi connectivity index (χ2v) is 6.93. The van der Waals surface area contributed by atoms with Gasteiger partial charge in [0.25, 0.3) is 5.91 Å². The smallest absolute Gasteiger partial charge is 0.255 e. The number of thiazole rings is 1. The second kappa shape index (κ2) is 8.58. The van der Waals surface area contributed by atoms with Crippen molar-refractivity contribution in [2.24, 2.45) is 0 Å². The number of aromatic nitrogens is 2. The van der Waals surface area contributed by atoms with Gasteiger partial charge in [0.05, 0.1) is 24.4 Å². The largest absolute Gasteiger partial charge is 0.394 e. The Bertz CT molecular complexity index is 981. The van der Waals surface area contributed by atoms with Crippen LogP contribution in [0.4, 0.5) is 5.69 Å². The van der Waals surface area contributed by atoms with Gasteiger partial charge in [-0.3, -0.25) is 4.79 Å². The maximum Gasteiger partial charge on any atom is 0.255 e. The van der Waals surface area contributed by atoms with E-state index < -0.39 is 0 Å². The lowest BCUT2D eigenvalue weighted by Crippen LogP contribution is -2.28. The van der Waals surface area contributed by atoms with Crippen LogP contribution in [0.25, 0.3) is 25.8 Å². The Labute approximate surface area is 160 Å². The van der Waals surface area contributed by atoms with Crippen LogP contribution in [-0.4, -0.2) is 46.7 Å². The molecule has 2 aromatic heterocycles. The van der Waals surface area contributed by atoms with E-state index >= 15 is 0 Å². The number of benzene rings is 1. The molecule has 1 atom stereocenters. The van der Waals surface area contributed by atoms with Crippen LogP contribution >= 0.6 is 11.3 Å². The highest BCUT2D eigenvalue weighted by Crippen LogP contribution is 2.34. The van der Waals surface area contributed by atoms with Crippen molar-refractivity contribution in [1.82, 2.24) is 15.3 Å². The van der Waals surface area contributed by atoms with Crippen LogP contribution in [0, 0.1) is 6.57 Å². The van der Waals surface area contributed by atoms with E-state index in [-0.39, 0.29) is 31.6 Å². The lowest BCUT2D eigenvalue weighted by Gasteiger charge is -2.16. The molecule has 3 rings (SSSR count). The number of rotatable bonds is 7. The lowest BCUT2D eigenvalue weighted by atomic mass is 10.1. The third-order valence-corrected chi connectivity index (χ3v) is 4.88. The van der Waals surface area contributed by atoms with E-state index in [1.54, 1.807) is 0 Å². The first-order valence-corrected chi connectivity index (χ1v) is 9.29. The van der Waals surface area contributed by atoms with Gasteiger partial charge in [-0.25, -0.2) is 16.5 Å². The summed E-state index contributed by atoms with van der Waals surface area (Å²) in [6, 6.07) is 9.51. The Kier molecular flexibility index (Phi) is 5.96. The first-order chi connectivity index (χ1) is 13.1. The van der Waals surface area contributed by atoms with Crippen molar-refractivity contribution >= 4 is 33.3 Å². The number of carbonyl (C=O) groups excluding carboxylic acids is 1. The molecular weight excluding hydrogens is 362 g/mol. The van der Waals surface area contributed by atoms with Crippen molar-refractivity contribution < 1.29 is 9.90 Å². The van der Waals surface area contributed by atoms with E-state index in [0.717, 1.165) is 10.6 Å². The molecule has 0 spiro atoms. The summed E-state index contributed by atoms with van der Waals surface area (Å²) in [4.78, 5) is 25.6. The molecule has 138 valence electrons. The van der Waals surface area contributed by atoms with Crippen LogP contribution in [0.15, 0.2) is 36.5 Å². The molecule has 0 radical (unpaired) electrons. The van der Waals surface area contributed by atoms with Crippen LogP contribution in [0.2, 0.25) is 0 Å². The van der Waals surface area contributed by atoms with Gasteiger partial charge in [-0.15, -0.1) is 0 Å². The molecule has 0 unspecified atom stereocenters. The van der Waals surface area contributed by atoms with E-state index in [1.165, 1.54) is 17.5 Å². The summed E-state index contributed by atoms with van der Waals surface area (Å²) in [5, 5.41) is 16.1. The molecule has 2 heterocycles. The van der Waals surface area contributed by atoms with Crippen molar-refractivity contribution in [3.63, 3.8) is 0 Å². The zero-order valence-electron chi connectivity index (χ0n) is 14.8. The van der Waals surface area contributed by atoms with Crippen molar-refractivity contribution in [2.75, 3.05) is 25.0 Å². The number of aliphatic hydroxyl groups excluding tert-OH is 1. The number of amides is 1. The quantitative estimate of drug-likeness (QED) is 0.432. The molecule has 27 heavy (non-hydrogen) atoms. The lowest BCUT2D eigenvalue weighted by molar-refractivity contribution is 0.0956. The number of hydrogen-bond acceptors (Lipinski definition) is 6. The highest BCUT2D eigenvalue weighted by molar-refractivity contribution is 7.21. The third kappa shape index (κ3) is 4.22. The molecular formula is C19H19N5O2S. The van der Waals surface area contributed by atoms with Crippen molar-refractivity contribution in [1.29, 1.82) is 0 Å². The number of nitrogens with zero attached hydrogens (tertiary/aromatic N) is 3. The molecule has 0 saturated carbocycles. The second-order valence-electron chi connectivity index (χ2n) is 5.95. The van der Waals surface area contributed by atoms with Gasteiger partial charge in [0.15, 0.2) is 0 Å². The Morgan fingerprint density at radius 2 is 2.15 bits per heavy atom. The normalized spacial score (nSPS) is 11.7. The van der Waals surface area contributed by atoms with E-state index in [4.69, 9.17) is 11.6 Å². The number of fused-ring (bicyclic) bond motifs is 1. The average Bonchev–Trinajstić information content (AvgIpc) is 3.13. The van der Waals surface area contributed by atoms with Crippen molar-refractivity contribution in [2.45, 2.75) is 13.0 Å². The topological polar surface area (TPSA) is 91.5 Å². The predicted molar refractivity (Wildman–Crippen MR) is 107 cm³/mol. The molecule has 0 aliphatic carbocycles. The zero-order valence-corrected chi connectivity index (χ0v) is 15.6. The van der Waals surface area contributed by atoms with E-state index in [1.807, 2.05) is 37.3 Å². The summed E-state index contributed by atoms with van der Waals surface area (Å²) in [7, 11) is 0. The molecule has 0 saturated heterocycles. The Hall–Kier alpha value is -3.02. The van der Waals surface area contributed by atoms with Gasteiger partial charge in [0.2, 0.25) is 6.54 Å². The van der Waals surface area contributed by atoms with Crippen molar-refractivity contribution in [3.8, 4) is 10.6 Å². The molecule has 0 aliphatic rings. The number of anilines is 1. The Morgan fingerprint density at radius 3 is 2.85 bits per heavy atom. The third-order valence-electron chi connectivity index (χ3n) is 3.87. The first kappa shape index (κ1) is 18.8. The number of carbonyl (C=O) groups is 1. The predicted octanol–water partition coefficient (Wildman–Crippen LogP) is 2.80. The molecule has 1 amide bonds. The molecule has 0 aliphatic heterocycles. The minimum Gasteiger partial charge on any atom is -0.394 e. The maximum atomic E-state index is 12.5. The first-order valence-electron chi connectivity index (χ1n) is 8.47. The number of nitrogens with one attached hydrogen (secondary N) is 2. The van der Waals surface area contributed by atoms with Gasteiger partial charge >= 0.3 is 0 Å². The van der Waals surface area contributed by atoms with E-state index in [2.05, 4.69) is 20.5 Å². The molecule has 3 aromatic rings. The highest BCUT2D eigenvalue weighted by atomic mass is 32.1. The summed E-state index contributed by atoms with van der Waals surface area (Å²) in [6.45, 7) is 9.03. The van der Waals surface area contributed by atoms with Gasteiger partial charge in [0.1, 0.15) is 15.4 Å². The summed E-state index contributed by atoms with van der Waals surface area (Å²) in [5.74, 6) is -0.324. The fourth-order valence-electron chi connectivity index (χ4n) is 2.51. The van der Waals surface area contributed by atoms with Gasteiger partial charge in [-0.1, -0.05) is 41.7 Å². The highest BCUT2D eigenvalue weighted by Gasteiger charge is 2.20. The standard InChI is InChI=1S/C19H19N5O2S/c1-12(11-25)23-15-14(17(26)21-9-8-20-2)10-22-19-16(15)24-18(27-19)13-6-4-3-5-7-13/h3-7,10,12,25H,8-9,11H2,1H3,(H,21,26)(H,22,23)/t12-/m1/s1. The van der Waals surface area contributed by atoms with Crippen LogP contribution < -0.4 is 10.6 Å². The molecule has 1 aromatic carbocycles. The van der Waals surface area contributed by atoms with Crippen LogP contribution in [-0.2, 0) is 0 Å². The SMILES string of the molecule is [C-]#[N+]CCNC(=O)c1cnc2sc(-c3ccccc3)nc2c1N[C@H](C)CO. The summed E-state index contributed by atoms with van der Waals surface area (Å²) in [6.07, 6.45) is 1.51. The minimum atomic E-state index is -0.324. The maximum absolute atomic E-state index is 12.5. The van der Waals surface area contributed by atoms with Crippen LogP contribution in [0.5, 0.6) is 0 Å². The number of hydrogen-bond donors (Lipinski definition) is 3. The van der Waals surface area contributed by atoms with Gasteiger partial charge in [-0.05, 0) is 6.92 Å². The van der Waals surface area contributed by atoms with Crippen LogP contribution in [0.3, 0.4) is 0 Å². The molecule has 3 N–H and O–H groups in total. The monoisotopic (exact) mass is 381 g/mol. The van der Waals surface area contributed by atoms with Crippen LogP contribution in [0.1, 0.15) is 17.3 Å². The van der Waals surface area contributed by atoms with Gasteiger partial charge in [0, 0.05) is 17.8 Å². The summed E-state index contributed by atoms with van der Waals surface area (Å²) in [5.41, 5.74) is 2.46. The van der Waals surface area contributed by atoms with E-state index in [0.29, 0.717) is 21.6 Å².